The average Bonchev–Trinajstić information content (AvgIpc) is 2.72. The highest BCUT2D eigenvalue weighted by atomic mass is 35.5. The monoisotopic (exact) mass is 305 g/mol. The van der Waals surface area contributed by atoms with Crippen molar-refractivity contribution >= 4 is 33.0 Å². The molecule has 2 rings (SSSR count). The van der Waals surface area contributed by atoms with E-state index in [1.807, 2.05) is 0 Å². The molecule has 1 saturated heterocycles. The number of alkyl halides is 1. The Hall–Kier alpha value is -1.14. The zero-order valence-electron chi connectivity index (χ0n) is 10.1. The van der Waals surface area contributed by atoms with Crippen LogP contribution in [0.15, 0.2) is 24.3 Å². The highest BCUT2D eigenvalue weighted by molar-refractivity contribution is 7.91. The SMILES string of the molecule is O=C(CCl)N(c1ccccc1F)[C@H]1CCS(=O)(=O)C1. The van der Waals surface area contributed by atoms with Gasteiger partial charge in [-0.1, -0.05) is 12.1 Å². The quantitative estimate of drug-likeness (QED) is 0.797. The summed E-state index contributed by atoms with van der Waals surface area (Å²) in [4.78, 5) is 13.1. The topological polar surface area (TPSA) is 54.5 Å². The van der Waals surface area contributed by atoms with E-state index in [2.05, 4.69) is 0 Å². The lowest BCUT2D eigenvalue weighted by molar-refractivity contribution is -0.116. The smallest absolute Gasteiger partial charge is 0.242 e. The summed E-state index contributed by atoms with van der Waals surface area (Å²) in [7, 11) is -3.16. The van der Waals surface area contributed by atoms with Crippen LogP contribution in [-0.2, 0) is 14.6 Å². The molecule has 104 valence electrons. The third-order valence-corrected chi connectivity index (χ3v) is 5.05. The fraction of sp³-hybridized carbons (Fsp3) is 0.417. The second-order valence-corrected chi connectivity index (χ2v) is 6.90. The summed E-state index contributed by atoms with van der Waals surface area (Å²) in [5.74, 6) is -1.51. The zero-order valence-corrected chi connectivity index (χ0v) is 11.6. The van der Waals surface area contributed by atoms with Crippen LogP contribution in [0.25, 0.3) is 0 Å². The molecule has 0 spiro atoms. The number of rotatable bonds is 3. The Bertz CT molecular complexity index is 590. The minimum atomic E-state index is -3.16. The molecule has 7 heteroatoms. The van der Waals surface area contributed by atoms with Crippen molar-refractivity contribution in [2.45, 2.75) is 12.5 Å². The van der Waals surface area contributed by atoms with Crippen LogP contribution in [0.4, 0.5) is 10.1 Å². The number of hydrogen-bond acceptors (Lipinski definition) is 3. The molecule has 0 radical (unpaired) electrons. The van der Waals surface area contributed by atoms with Gasteiger partial charge in [-0.25, -0.2) is 12.8 Å². The van der Waals surface area contributed by atoms with Crippen molar-refractivity contribution in [1.29, 1.82) is 0 Å². The zero-order chi connectivity index (χ0) is 14.0. The molecule has 0 bridgehead atoms. The van der Waals surface area contributed by atoms with E-state index in [0.717, 1.165) is 0 Å². The molecule has 1 aromatic carbocycles. The lowest BCUT2D eigenvalue weighted by Gasteiger charge is -2.28. The van der Waals surface area contributed by atoms with Gasteiger partial charge in [0, 0.05) is 0 Å². The molecular weight excluding hydrogens is 293 g/mol. The third kappa shape index (κ3) is 3.06. The summed E-state index contributed by atoms with van der Waals surface area (Å²) in [5, 5.41) is 0. The number of para-hydroxylation sites is 1. The second kappa shape index (κ2) is 5.46. The van der Waals surface area contributed by atoms with E-state index in [1.165, 1.54) is 23.1 Å². The summed E-state index contributed by atoms with van der Waals surface area (Å²) >= 11 is 5.54. The molecule has 0 aliphatic carbocycles. The maximum Gasteiger partial charge on any atom is 0.242 e. The van der Waals surface area contributed by atoms with E-state index in [9.17, 15) is 17.6 Å². The van der Waals surface area contributed by atoms with E-state index in [0.29, 0.717) is 6.42 Å². The number of sulfone groups is 1. The van der Waals surface area contributed by atoms with E-state index in [4.69, 9.17) is 11.6 Å². The van der Waals surface area contributed by atoms with Gasteiger partial charge < -0.3 is 4.90 Å². The molecular formula is C12H13ClFNO3S. The number of benzene rings is 1. The number of anilines is 1. The molecule has 0 saturated carbocycles. The van der Waals surface area contributed by atoms with Gasteiger partial charge in [0.15, 0.2) is 9.84 Å². The van der Waals surface area contributed by atoms with Gasteiger partial charge in [-0.3, -0.25) is 4.79 Å². The van der Waals surface area contributed by atoms with Gasteiger partial charge in [0.25, 0.3) is 0 Å². The molecule has 1 aliphatic heterocycles. The van der Waals surface area contributed by atoms with E-state index in [1.54, 1.807) is 6.07 Å². The molecule has 0 unspecified atom stereocenters. The van der Waals surface area contributed by atoms with E-state index < -0.39 is 27.6 Å². The second-order valence-electron chi connectivity index (χ2n) is 4.41. The Morgan fingerprint density at radius 1 is 1.42 bits per heavy atom. The van der Waals surface area contributed by atoms with Crippen LogP contribution in [-0.4, -0.2) is 37.8 Å². The Morgan fingerprint density at radius 3 is 2.63 bits per heavy atom. The third-order valence-electron chi connectivity index (χ3n) is 3.07. The molecule has 1 atom stereocenters. The molecule has 0 aromatic heterocycles. The molecule has 1 aliphatic rings. The molecule has 4 nitrogen and oxygen atoms in total. The molecule has 1 heterocycles. The minimum Gasteiger partial charge on any atom is -0.304 e. The van der Waals surface area contributed by atoms with E-state index >= 15 is 0 Å². The van der Waals surface area contributed by atoms with Crippen LogP contribution >= 0.6 is 11.6 Å². The fourth-order valence-corrected chi connectivity index (χ4v) is 4.05. The Labute approximate surface area is 116 Å². The maximum absolute atomic E-state index is 13.8. The van der Waals surface area contributed by atoms with Gasteiger partial charge in [-0.05, 0) is 18.6 Å². The van der Waals surface area contributed by atoms with Crippen LogP contribution < -0.4 is 4.90 Å². The highest BCUT2D eigenvalue weighted by Crippen LogP contribution is 2.27. The van der Waals surface area contributed by atoms with Crippen LogP contribution in [0.2, 0.25) is 0 Å². The first-order valence-electron chi connectivity index (χ1n) is 5.77. The van der Waals surface area contributed by atoms with E-state index in [-0.39, 0.29) is 23.1 Å². The van der Waals surface area contributed by atoms with Crippen LogP contribution in [0.5, 0.6) is 0 Å². The Kier molecular flexibility index (Phi) is 4.10. The van der Waals surface area contributed by atoms with Crippen molar-refractivity contribution in [3.05, 3.63) is 30.1 Å². The number of nitrogens with zero attached hydrogens (tertiary/aromatic N) is 1. The van der Waals surface area contributed by atoms with Crippen molar-refractivity contribution < 1.29 is 17.6 Å². The van der Waals surface area contributed by atoms with Gasteiger partial charge in [-0.15, -0.1) is 11.6 Å². The van der Waals surface area contributed by atoms with Gasteiger partial charge >= 0.3 is 0 Å². The van der Waals surface area contributed by atoms with Gasteiger partial charge in [0.1, 0.15) is 11.7 Å². The van der Waals surface area contributed by atoms with Crippen molar-refractivity contribution in [1.82, 2.24) is 0 Å². The number of halogens is 2. The van der Waals surface area contributed by atoms with Crippen LogP contribution in [0, 0.1) is 5.82 Å². The number of hydrogen-bond donors (Lipinski definition) is 0. The number of amides is 1. The van der Waals surface area contributed by atoms with Gasteiger partial charge in [0.05, 0.1) is 23.2 Å². The lowest BCUT2D eigenvalue weighted by atomic mass is 10.1. The molecule has 1 aromatic rings. The summed E-state index contributed by atoms with van der Waals surface area (Å²) < 4.78 is 36.8. The summed E-state index contributed by atoms with van der Waals surface area (Å²) in [6, 6.07) is 5.23. The van der Waals surface area contributed by atoms with Crippen molar-refractivity contribution in [3.63, 3.8) is 0 Å². The normalized spacial score (nSPS) is 21.3. The van der Waals surface area contributed by atoms with Crippen molar-refractivity contribution in [2.75, 3.05) is 22.3 Å². The average molecular weight is 306 g/mol. The van der Waals surface area contributed by atoms with Gasteiger partial charge in [-0.2, -0.15) is 0 Å². The van der Waals surface area contributed by atoms with Crippen molar-refractivity contribution in [3.8, 4) is 0 Å². The van der Waals surface area contributed by atoms with Crippen LogP contribution in [0.3, 0.4) is 0 Å². The minimum absolute atomic E-state index is 0.0121. The van der Waals surface area contributed by atoms with Crippen molar-refractivity contribution in [2.24, 2.45) is 0 Å². The van der Waals surface area contributed by atoms with Crippen LogP contribution in [0.1, 0.15) is 6.42 Å². The highest BCUT2D eigenvalue weighted by Gasteiger charge is 2.36. The first-order chi connectivity index (χ1) is 8.94. The molecule has 0 N–H and O–H groups in total. The summed E-state index contributed by atoms with van der Waals surface area (Å²) in [6.45, 7) is 0. The van der Waals surface area contributed by atoms with Gasteiger partial charge in [0.2, 0.25) is 5.91 Å². The molecule has 1 fully saturated rings. The lowest BCUT2D eigenvalue weighted by Crippen LogP contribution is -2.42. The molecule has 1 amide bonds. The standard InChI is InChI=1S/C12H13ClFNO3S/c13-7-12(16)15(9-5-6-19(17,18)8-9)11-4-2-1-3-10(11)14/h1-4,9H,5-8H2/t9-/m0/s1. The predicted molar refractivity (Wildman–Crippen MR) is 71.7 cm³/mol. The number of carbonyl (C=O) groups excluding carboxylic acids is 1. The Morgan fingerprint density at radius 2 is 2.11 bits per heavy atom. The largest absolute Gasteiger partial charge is 0.304 e. The maximum atomic E-state index is 13.8. The predicted octanol–water partition coefficient (Wildman–Crippen LogP) is 1.58. The number of carbonyl (C=O) groups is 1. The summed E-state index contributed by atoms with van der Waals surface area (Å²) in [5.41, 5.74) is 0.0789. The molecule has 19 heavy (non-hydrogen) atoms. The Balaban J connectivity index is 2.38. The fourth-order valence-electron chi connectivity index (χ4n) is 2.23. The first-order valence-corrected chi connectivity index (χ1v) is 8.13. The first kappa shape index (κ1) is 14.3. The summed E-state index contributed by atoms with van der Waals surface area (Å²) in [6.07, 6.45) is 0.305.